The van der Waals surface area contributed by atoms with Crippen LogP contribution in [0.3, 0.4) is 0 Å². The second-order valence-electron chi connectivity index (χ2n) is 4.58. The molecule has 2 N–H and O–H groups in total. The molecule has 2 unspecified atom stereocenters. The monoisotopic (exact) mass is 223 g/mol. The van der Waals surface area contributed by atoms with Gasteiger partial charge in [-0.25, -0.2) is 4.39 Å². The molecule has 1 aliphatic carbocycles. The molecular weight excluding hydrogens is 205 g/mol. The van der Waals surface area contributed by atoms with Crippen LogP contribution in [-0.2, 0) is 5.60 Å². The van der Waals surface area contributed by atoms with Gasteiger partial charge in [0.15, 0.2) is 0 Å². The van der Waals surface area contributed by atoms with Gasteiger partial charge in [-0.05, 0) is 44.0 Å². The van der Waals surface area contributed by atoms with Crippen LogP contribution in [0.4, 0.5) is 4.39 Å². The Kier molecular flexibility index (Phi) is 3.26. The predicted molar refractivity (Wildman–Crippen MR) is 61.6 cm³/mol. The quantitative estimate of drug-likeness (QED) is 0.821. The van der Waals surface area contributed by atoms with Crippen molar-refractivity contribution < 1.29 is 9.50 Å². The van der Waals surface area contributed by atoms with Crippen LogP contribution in [0.5, 0.6) is 0 Å². The lowest BCUT2D eigenvalue weighted by Crippen LogP contribution is -2.36. The second-order valence-corrected chi connectivity index (χ2v) is 4.58. The Morgan fingerprint density at radius 3 is 2.75 bits per heavy atom. The molecule has 0 amide bonds. The Morgan fingerprint density at radius 2 is 2.12 bits per heavy atom. The summed E-state index contributed by atoms with van der Waals surface area (Å²) in [6, 6.07) is 6.23. The molecule has 0 saturated heterocycles. The van der Waals surface area contributed by atoms with Crippen LogP contribution in [-0.4, -0.2) is 18.7 Å². The average Bonchev–Trinajstić information content (AvgIpc) is 2.63. The Hall–Kier alpha value is -0.930. The van der Waals surface area contributed by atoms with E-state index in [4.69, 9.17) is 0 Å². The highest BCUT2D eigenvalue weighted by atomic mass is 19.1. The van der Waals surface area contributed by atoms with E-state index < -0.39 is 5.60 Å². The van der Waals surface area contributed by atoms with E-state index in [1.807, 2.05) is 7.05 Å². The molecule has 0 aliphatic heterocycles. The Bertz CT molecular complexity index is 351. The second kappa shape index (κ2) is 4.52. The Morgan fingerprint density at radius 1 is 1.44 bits per heavy atom. The zero-order chi connectivity index (χ0) is 11.6. The van der Waals surface area contributed by atoms with Crippen molar-refractivity contribution in [3.63, 3.8) is 0 Å². The van der Waals surface area contributed by atoms with Crippen LogP contribution in [0, 0.1) is 11.7 Å². The third-order valence-electron chi connectivity index (χ3n) is 3.58. The van der Waals surface area contributed by atoms with Crippen molar-refractivity contribution in [3.05, 3.63) is 35.6 Å². The number of hydrogen-bond donors (Lipinski definition) is 2. The first-order valence-corrected chi connectivity index (χ1v) is 5.80. The van der Waals surface area contributed by atoms with E-state index in [1.54, 1.807) is 12.1 Å². The molecule has 0 aromatic heterocycles. The van der Waals surface area contributed by atoms with Crippen molar-refractivity contribution in [2.75, 3.05) is 13.6 Å². The number of hydrogen-bond acceptors (Lipinski definition) is 2. The molecule has 1 fully saturated rings. The highest BCUT2D eigenvalue weighted by Crippen LogP contribution is 2.43. The van der Waals surface area contributed by atoms with Gasteiger partial charge in [0.1, 0.15) is 5.82 Å². The molecule has 1 aliphatic rings. The maximum atomic E-state index is 12.8. The highest BCUT2D eigenvalue weighted by molar-refractivity contribution is 5.25. The SMILES string of the molecule is CNCC1CCCC1(O)c1ccc(F)cc1. The summed E-state index contributed by atoms with van der Waals surface area (Å²) in [5, 5.41) is 13.8. The van der Waals surface area contributed by atoms with Gasteiger partial charge >= 0.3 is 0 Å². The van der Waals surface area contributed by atoms with Crippen LogP contribution >= 0.6 is 0 Å². The molecule has 3 heteroatoms. The predicted octanol–water partition coefficient (Wildman–Crippen LogP) is 2.03. The summed E-state index contributed by atoms with van der Waals surface area (Å²) in [7, 11) is 1.89. The Balaban J connectivity index is 2.26. The van der Waals surface area contributed by atoms with E-state index >= 15 is 0 Å². The fourth-order valence-corrected chi connectivity index (χ4v) is 2.70. The third kappa shape index (κ3) is 1.97. The van der Waals surface area contributed by atoms with Crippen LogP contribution in [0.2, 0.25) is 0 Å². The van der Waals surface area contributed by atoms with Gasteiger partial charge in [-0.3, -0.25) is 0 Å². The lowest BCUT2D eigenvalue weighted by atomic mass is 9.84. The zero-order valence-corrected chi connectivity index (χ0v) is 9.54. The van der Waals surface area contributed by atoms with E-state index in [2.05, 4.69) is 5.32 Å². The smallest absolute Gasteiger partial charge is 0.123 e. The first kappa shape index (κ1) is 11.6. The molecule has 0 heterocycles. The van der Waals surface area contributed by atoms with Crippen molar-refractivity contribution in [3.8, 4) is 0 Å². The molecule has 88 valence electrons. The number of rotatable bonds is 3. The molecule has 2 nitrogen and oxygen atoms in total. The minimum Gasteiger partial charge on any atom is -0.385 e. The van der Waals surface area contributed by atoms with Gasteiger partial charge < -0.3 is 10.4 Å². The van der Waals surface area contributed by atoms with Crippen molar-refractivity contribution in [1.82, 2.24) is 5.32 Å². The van der Waals surface area contributed by atoms with E-state index in [9.17, 15) is 9.50 Å². The highest BCUT2D eigenvalue weighted by Gasteiger charge is 2.41. The van der Waals surface area contributed by atoms with Crippen LogP contribution in [0.25, 0.3) is 0 Å². The lowest BCUT2D eigenvalue weighted by Gasteiger charge is -2.30. The lowest BCUT2D eigenvalue weighted by molar-refractivity contribution is -0.00153. The van der Waals surface area contributed by atoms with E-state index in [0.717, 1.165) is 31.4 Å². The first-order chi connectivity index (χ1) is 7.66. The van der Waals surface area contributed by atoms with Crippen LogP contribution in [0.1, 0.15) is 24.8 Å². The van der Waals surface area contributed by atoms with Gasteiger partial charge in [0.25, 0.3) is 0 Å². The van der Waals surface area contributed by atoms with Crippen molar-refractivity contribution >= 4 is 0 Å². The normalized spacial score (nSPS) is 29.6. The number of nitrogens with one attached hydrogen (secondary N) is 1. The third-order valence-corrected chi connectivity index (χ3v) is 3.58. The molecular formula is C13H18FNO. The van der Waals surface area contributed by atoms with Crippen molar-refractivity contribution in [2.24, 2.45) is 5.92 Å². The molecule has 0 spiro atoms. The summed E-state index contributed by atoms with van der Waals surface area (Å²) in [6.45, 7) is 0.799. The molecule has 2 rings (SSSR count). The van der Waals surface area contributed by atoms with Gasteiger partial charge in [0.05, 0.1) is 5.60 Å². The van der Waals surface area contributed by atoms with Gasteiger partial charge in [0, 0.05) is 12.5 Å². The fourth-order valence-electron chi connectivity index (χ4n) is 2.70. The standard InChI is InChI=1S/C13H18FNO/c1-15-9-11-3-2-8-13(11,16)10-4-6-12(14)7-5-10/h4-7,11,15-16H,2-3,8-9H2,1H3. The molecule has 16 heavy (non-hydrogen) atoms. The average molecular weight is 223 g/mol. The molecule has 0 radical (unpaired) electrons. The molecule has 1 aromatic carbocycles. The molecule has 0 bridgehead atoms. The number of benzene rings is 1. The molecule has 1 aromatic rings. The number of aliphatic hydroxyl groups is 1. The summed E-state index contributed by atoms with van der Waals surface area (Å²) in [4.78, 5) is 0. The topological polar surface area (TPSA) is 32.3 Å². The van der Waals surface area contributed by atoms with Gasteiger partial charge in [-0.2, -0.15) is 0 Å². The minimum atomic E-state index is -0.781. The number of halogens is 1. The summed E-state index contributed by atoms with van der Waals surface area (Å²) in [6.07, 6.45) is 2.82. The summed E-state index contributed by atoms with van der Waals surface area (Å²) in [5.41, 5.74) is 0.0584. The maximum Gasteiger partial charge on any atom is 0.123 e. The van der Waals surface area contributed by atoms with E-state index in [0.29, 0.717) is 0 Å². The van der Waals surface area contributed by atoms with Gasteiger partial charge in [-0.15, -0.1) is 0 Å². The minimum absolute atomic E-state index is 0.225. The maximum absolute atomic E-state index is 12.8. The van der Waals surface area contributed by atoms with Gasteiger partial charge in [0.2, 0.25) is 0 Å². The van der Waals surface area contributed by atoms with Crippen LogP contribution in [0.15, 0.2) is 24.3 Å². The van der Waals surface area contributed by atoms with E-state index in [-0.39, 0.29) is 11.7 Å². The largest absolute Gasteiger partial charge is 0.385 e. The summed E-state index contributed by atoms with van der Waals surface area (Å²) >= 11 is 0. The van der Waals surface area contributed by atoms with Crippen LogP contribution < -0.4 is 5.32 Å². The Labute approximate surface area is 95.5 Å². The molecule has 1 saturated carbocycles. The van der Waals surface area contributed by atoms with E-state index in [1.165, 1.54) is 12.1 Å². The summed E-state index contributed by atoms with van der Waals surface area (Å²) < 4.78 is 12.8. The van der Waals surface area contributed by atoms with Crippen molar-refractivity contribution in [2.45, 2.75) is 24.9 Å². The molecule has 2 atom stereocenters. The zero-order valence-electron chi connectivity index (χ0n) is 9.54. The van der Waals surface area contributed by atoms with Crippen molar-refractivity contribution in [1.29, 1.82) is 0 Å². The fraction of sp³-hybridized carbons (Fsp3) is 0.538. The first-order valence-electron chi connectivity index (χ1n) is 5.80. The summed E-state index contributed by atoms with van der Waals surface area (Å²) in [5.74, 6) is -0.0292. The van der Waals surface area contributed by atoms with Gasteiger partial charge in [-0.1, -0.05) is 12.1 Å².